The molecular weight excluding hydrogens is 320 g/mol. The van der Waals surface area contributed by atoms with E-state index in [1.54, 1.807) is 14.2 Å². The Bertz CT molecular complexity index is 564. The largest absolute Gasteiger partial charge is 0.493 e. The molecule has 1 aromatic carbocycles. The van der Waals surface area contributed by atoms with Crippen molar-refractivity contribution in [1.29, 1.82) is 0 Å². The molecule has 3 N–H and O–H groups in total. The van der Waals surface area contributed by atoms with E-state index in [0.717, 1.165) is 24.8 Å². The van der Waals surface area contributed by atoms with Gasteiger partial charge in [0.25, 0.3) is 0 Å². The Kier molecular flexibility index (Phi) is 7.52. The minimum absolute atomic E-state index is 0.0153. The van der Waals surface area contributed by atoms with E-state index < -0.39 is 0 Å². The van der Waals surface area contributed by atoms with Gasteiger partial charge in [-0.15, -0.1) is 0 Å². The van der Waals surface area contributed by atoms with Crippen molar-refractivity contribution < 1.29 is 19.0 Å². The van der Waals surface area contributed by atoms with E-state index in [9.17, 15) is 4.79 Å². The molecule has 25 heavy (non-hydrogen) atoms. The van der Waals surface area contributed by atoms with Crippen LogP contribution in [0.3, 0.4) is 0 Å². The molecule has 0 radical (unpaired) electrons. The summed E-state index contributed by atoms with van der Waals surface area (Å²) in [5.41, 5.74) is 6.94. The van der Waals surface area contributed by atoms with Gasteiger partial charge < -0.3 is 25.3 Å². The quantitative estimate of drug-likeness (QED) is 0.751. The molecule has 1 aromatic rings. The highest BCUT2D eigenvalue weighted by atomic mass is 16.5. The highest BCUT2D eigenvalue weighted by molar-refractivity contribution is 5.79. The van der Waals surface area contributed by atoms with Crippen LogP contribution in [0, 0.1) is 5.92 Å². The van der Waals surface area contributed by atoms with Crippen molar-refractivity contribution >= 4 is 5.91 Å². The van der Waals surface area contributed by atoms with Crippen LogP contribution >= 0.6 is 0 Å². The molecule has 0 unspecified atom stereocenters. The Morgan fingerprint density at radius 1 is 1.32 bits per heavy atom. The van der Waals surface area contributed by atoms with E-state index in [1.807, 2.05) is 18.2 Å². The van der Waals surface area contributed by atoms with Gasteiger partial charge in [0.1, 0.15) is 0 Å². The molecule has 6 nitrogen and oxygen atoms in total. The first-order valence-corrected chi connectivity index (χ1v) is 8.95. The van der Waals surface area contributed by atoms with Gasteiger partial charge in [-0.05, 0) is 31.7 Å². The maximum atomic E-state index is 12.5. The number of hydrogen-bond donors (Lipinski definition) is 2. The summed E-state index contributed by atoms with van der Waals surface area (Å²) in [6.07, 6.45) is 3.13. The third kappa shape index (κ3) is 5.09. The fraction of sp³-hybridized carbons (Fsp3) is 0.632. The molecule has 1 saturated carbocycles. The molecular formula is C19H30N2O4. The number of hydrogen-bond acceptors (Lipinski definition) is 5. The summed E-state index contributed by atoms with van der Waals surface area (Å²) in [7, 11) is 3.27. The highest BCUT2D eigenvalue weighted by Crippen LogP contribution is 2.31. The van der Waals surface area contributed by atoms with E-state index in [0.29, 0.717) is 31.1 Å². The van der Waals surface area contributed by atoms with Gasteiger partial charge in [-0.3, -0.25) is 4.79 Å². The van der Waals surface area contributed by atoms with Crippen LogP contribution in [0.2, 0.25) is 0 Å². The summed E-state index contributed by atoms with van der Waals surface area (Å²) >= 11 is 0. The molecule has 2 rings (SSSR count). The molecule has 0 saturated heterocycles. The van der Waals surface area contributed by atoms with Crippen LogP contribution in [0.1, 0.15) is 38.2 Å². The summed E-state index contributed by atoms with van der Waals surface area (Å²) in [5.74, 6) is 1.37. The number of carbonyl (C=O) groups excluding carboxylic acids is 1. The Labute approximate surface area is 150 Å². The van der Waals surface area contributed by atoms with E-state index in [1.165, 1.54) is 0 Å². The molecule has 0 bridgehead atoms. The number of methoxy groups -OCH3 is 2. The Hall–Kier alpha value is -1.79. The third-order valence-electron chi connectivity index (χ3n) is 4.70. The lowest BCUT2D eigenvalue weighted by Crippen LogP contribution is -2.45. The number of amides is 1. The lowest BCUT2D eigenvalue weighted by atomic mass is 9.83. The molecule has 0 aliphatic heterocycles. The third-order valence-corrected chi connectivity index (χ3v) is 4.70. The maximum absolute atomic E-state index is 12.5. The van der Waals surface area contributed by atoms with Crippen LogP contribution < -0.4 is 20.5 Å². The predicted octanol–water partition coefficient (Wildman–Crippen LogP) is 2.24. The first-order valence-electron chi connectivity index (χ1n) is 8.95. The van der Waals surface area contributed by atoms with Gasteiger partial charge in [0.05, 0.1) is 19.8 Å². The monoisotopic (exact) mass is 350 g/mol. The number of rotatable bonds is 8. The van der Waals surface area contributed by atoms with Gasteiger partial charge in [0, 0.05) is 31.2 Å². The van der Waals surface area contributed by atoms with E-state index in [2.05, 4.69) is 12.2 Å². The van der Waals surface area contributed by atoms with Crippen LogP contribution in [0.15, 0.2) is 18.2 Å². The van der Waals surface area contributed by atoms with Gasteiger partial charge in [-0.2, -0.15) is 0 Å². The molecule has 1 aliphatic rings. The smallest absolute Gasteiger partial charge is 0.223 e. The summed E-state index contributed by atoms with van der Waals surface area (Å²) < 4.78 is 16.6. The van der Waals surface area contributed by atoms with Gasteiger partial charge >= 0.3 is 0 Å². The Morgan fingerprint density at radius 2 is 2.12 bits per heavy atom. The van der Waals surface area contributed by atoms with Crippen molar-refractivity contribution in [3.8, 4) is 11.5 Å². The van der Waals surface area contributed by atoms with Crippen LogP contribution in [0.4, 0.5) is 0 Å². The molecule has 140 valence electrons. The number of ether oxygens (including phenoxy) is 3. The average molecular weight is 350 g/mol. The average Bonchev–Trinajstić information content (AvgIpc) is 2.64. The van der Waals surface area contributed by atoms with Crippen molar-refractivity contribution in [2.24, 2.45) is 11.7 Å². The SMILES string of the molecule is CCCOc1c(CNC(=O)[C@H]2CC[C@@H](N)[C@H](OC)C2)cccc1OC. The maximum Gasteiger partial charge on any atom is 0.223 e. The molecule has 6 heteroatoms. The molecule has 1 aliphatic carbocycles. The van der Waals surface area contributed by atoms with Crippen molar-refractivity contribution in [3.63, 3.8) is 0 Å². The Balaban J connectivity index is 1.99. The lowest BCUT2D eigenvalue weighted by Gasteiger charge is -2.32. The number of nitrogens with one attached hydrogen (secondary N) is 1. The van der Waals surface area contributed by atoms with Crippen LogP contribution in [-0.2, 0) is 16.1 Å². The van der Waals surface area contributed by atoms with Crippen molar-refractivity contribution in [2.75, 3.05) is 20.8 Å². The van der Waals surface area contributed by atoms with Crippen molar-refractivity contribution in [3.05, 3.63) is 23.8 Å². The second kappa shape index (κ2) is 9.63. The van der Waals surface area contributed by atoms with Crippen molar-refractivity contribution in [2.45, 2.75) is 51.3 Å². The molecule has 0 spiro atoms. The van der Waals surface area contributed by atoms with Gasteiger partial charge in [-0.25, -0.2) is 0 Å². The zero-order valence-corrected chi connectivity index (χ0v) is 15.4. The van der Waals surface area contributed by atoms with Crippen LogP contribution in [0.5, 0.6) is 11.5 Å². The first kappa shape index (κ1) is 19.5. The van der Waals surface area contributed by atoms with Crippen LogP contribution in [0.25, 0.3) is 0 Å². The predicted molar refractivity (Wildman–Crippen MR) is 96.7 cm³/mol. The van der Waals surface area contributed by atoms with Gasteiger partial charge in [-0.1, -0.05) is 19.1 Å². The number of benzene rings is 1. The zero-order valence-electron chi connectivity index (χ0n) is 15.4. The minimum atomic E-state index is -0.0598. The normalized spacial score (nSPS) is 23.1. The van der Waals surface area contributed by atoms with E-state index >= 15 is 0 Å². The van der Waals surface area contributed by atoms with Gasteiger partial charge in [0.15, 0.2) is 11.5 Å². The second-order valence-corrected chi connectivity index (χ2v) is 6.46. The standard InChI is InChI=1S/C19H30N2O4/c1-4-10-25-18-14(6-5-7-16(18)23-2)12-21-19(22)13-8-9-15(20)17(11-13)24-3/h5-7,13,15,17H,4,8-12,20H2,1-3H3,(H,21,22)/t13-,15+,17+/m0/s1. The second-order valence-electron chi connectivity index (χ2n) is 6.46. The molecule has 3 atom stereocenters. The Morgan fingerprint density at radius 3 is 2.80 bits per heavy atom. The molecule has 1 amide bonds. The highest BCUT2D eigenvalue weighted by Gasteiger charge is 2.32. The fourth-order valence-corrected chi connectivity index (χ4v) is 3.22. The molecule has 0 heterocycles. The molecule has 1 fully saturated rings. The number of nitrogens with two attached hydrogens (primary N) is 1. The minimum Gasteiger partial charge on any atom is -0.493 e. The fourth-order valence-electron chi connectivity index (χ4n) is 3.22. The molecule has 0 aromatic heterocycles. The number of para-hydroxylation sites is 1. The summed E-state index contributed by atoms with van der Waals surface area (Å²) in [6.45, 7) is 3.07. The summed E-state index contributed by atoms with van der Waals surface area (Å²) in [4.78, 5) is 12.5. The first-order chi connectivity index (χ1) is 12.1. The van der Waals surface area contributed by atoms with Gasteiger partial charge in [0.2, 0.25) is 5.91 Å². The van der Waals surface area contributed by atoms with E-state index in [-0.39, 0.29) is 24.0 Å². The van der Waals surface area contributed by atoms with E-state index in [4.69, 9.17) is 19.9 Å². The number of carbonyl (C=O) groups is 1. The van der Waals surface area contributed by atoms with Crippen LogP contribution in [-0.4, -0.2) is 38.9 Å². The topological polar surface area (TPSA) is 82.8 Å². The van der Waals surface area contributed by atoms with Crippen molar-refractivity contribution in [1.82, 2.24) is 5.32 Å². The lowest BCUT2D eigenvalue weighted by molar-refractivity contribution is -0.128. The summed E-state index contributed by atoms with van der Waals surface area (Å²) in [6, 6.07) is 5.73. The zero-order chi connectivity index (χ0) is 18.2. The summed E-state index contributed by atoms with van der Waals surface area (Å²) in [5, 5.41) is 3.03.